The first kappa shape index (κ1) is 94.1. The number of carbonyl (C=O) groups excluding carboxylic acids is 4. The second kappa shape index (κ2) is 67.5. The third-order valence-corrected chi connectivity index (χ3v) is 19.8. The van der Waals surface area contributed by atoms with E-state index in [1.807, 2.05) is 0 Å². The van der Waals surface area contributed by atoms with Crippen molar-refractivity contribution in [2.24, 2.45) is 17.8 Å². The van der Waals surface area contributed by atoms with Crippen LogP contribution in [0.2, 0.25) is 0 Å². The molecule has 0 heterocycles. The minimum Gasteiger partial charge on any atom is -0.462 e. The number of rotatable bonds is 75. The molecule has 0 aromatic heterocycles. The van der Waals surface area contributed by atoms with Crippen LogP contribution in [0.15, 0.2) is 0 Å². The number of unbranched alkanes of at least 4 members (excludes halogenated alkanes) is 43. The van der Waals surface area contributed by atoms with E-state index in [1.165, 1.54) is 205 Å². The molecule has 0 fully saturated rings. The number of aliphatic hydroxyl groups is 1. The lowest BCUT2D eigenvalue weighted by Gasteiger charge is -2.21. The standard InChI is InChI=1S/C77H150O17P2/c1-8-9-10-11-12-13-14-23-30-37-44-51-58-74(79)87-64-73(94-77(82)61-54-47-40-33-26-19-22-29-36-43-50-57-70(6)7)67-92-96(85,86)90-63-71(78)62-89-95(83,84)91-66-72(65-88-75(80)59-52-45-38-31-25-18-21-28-35-42-49-56-69(4)5)93-76(81)60-53-46-39-32-24-17-15-16-20-27-34-41-48-55-68(2)3/h68-73,78H,8-67H2,1-7H3,(H,83,84)(H,85,86)/t71-,72-,73-/m1/s1. The average Bonchev–Trinajstić information content (AvgIpc) is 1.14. The number of esters is 4. The topological polar surface area (TPSA) is 237 Å². The first-order valence-corrected chi connectivity index (χ1v) is 42.8. The quantitative estimate of drug-likeness (QED) is 0.0222. The van der Waals surface area contributed by atoms with Crippen molar-refractivity contribution in [3.8, 4) is 0 Å². The number of carbonyl (C=O) groups is 4. The number of phosphoric ester groups is 2. The summed E-state index contributed by atoms with van der Waals surface area (Å²) in [6, 6.07) is 0. The monoisotopic (exact) mass is 1410 g/mol. The van der Waals surface area contributed by atoms with Gasteiger partial charge in [0.05, 0.1) is 26.4 Å². The van der Waals surface area contributed by atoms with Gasteiger partial charge in [-0.3, -0.25) is 37.3 Å². The maximum absolute atomic E-state index is 13.1. The minimum absolute atomic E-state index is 0.107. The molecule has 2 unspecified atom stereocenters. The molecule has 0 aliphatic rings. The Hall–Kier alpha value is -1.94. The van der Waals surface area contributed by atoms with Crippen LogP contribution < -0.4 is 0 Å². The van der Waals surface area contributed by atoms with Crippen molar-refractivity contribution in [1.82, 2.24) is 0 Å². The van der Waals surface area contributed by atoms with Gasteiger partial charge >= 0.3 is 39.5 Å². The first-order valence-electron chi connectivity index (χ1n) is 39.8. The molecule has 0 aliphatic carbocycles. The average molecular weight is 1410 g/mol. The van der Waals surface area contributed by atoms with Gasteiger partial charge in [-0.2, -0.15) is 0 Å². The molecule has 17 nitrogen and oxygen atoms in total. The van der Waals surface area contributed by atoms with Crippen LogP contribution in [-0.2, 0) is 65.4 Å². The molecule has 0 aromatic rings. The summed E-state index contributed by atoms with van der Waals surface area (Å²) in [6.45, 7) is 11.9. The molecule has 0 saturated heterocycles. The lowest BCUT2D eigenvalue weighted by Crippen LogP contribution is -2.30. The van der Waals surface area contributed by atoms with Gasteiger partial charge < -0.3 is 33.8 Å². The van der Waals surface area contributed by atoms with E-state index in [0.29, 0.717) is 25.7 Å². The minimum atomic E-state index is -4.96. The van der Waals surface area contributed by atoms with Crippen molar-refractivity contribution in [3.63, 3.8) is 0 Å². The fraction of sp³-hybridized carbons (Fsp3) is 0.948. The summed E-state index contributed by atoms with van der Waals surface area (Å²) in [5.74, 6) is 0.209. The molecule has 19 heteroatoms. The second-order valence-electron chi connectivity index (χ2n) is 29.2. The van der Waals surface area contributed by atoms with Gasteiger partial charge in [0.2, 0.25) is 0 Å². The summed E-state index contributed by atoms with van der Waals surface area (Å²) < 4.78 is 68.6. The van der Waals surface area contributed by atoms with Crippen LogP contribution in [0.1, 0.15) is 395 Å². The van der Waals surface area contributed by atoms with Gasteiger partial charge in [0, 0.05) is 25.7 Å². The Morgan fingerprint density at radius 1 is 0.281 bits per heavy atom. The molecular weight excluding hydrogens is 1260 g/mol. The summed E-state index contributed by atoms with van der Waals surface area (Å²) in [7, 11) is -9.91. The Labute approximate surface area is 588 Å². The van der Waals surface area contributed by atoms with Gasteiger partial charge in [-0.05, 0) is 43.4 Å². The van der Waals surface area contributed by atoms with Gasteiger partial charge in [0.1, 0.15) is 19.3 Å². The number of aliphatic hydroxyl groups excluding tert-OH is 1. The van der Waals surface area contributed by atoms with E-state index >= 15 is 0 Å². The van der Waals surface area contributed by atoms with Gasteiger partial charge in [-0.25, -0.2) is 9.13 Å². The predicted molar refractivity (Wildman–Crippen MR) is 391 cm³/mol. The molecule has 570 valence electrons. The van der Waals surface area contributed by atoms with Crippen LogP contribution in [0.25, 0.3) is 0 Å². The zero-order valence-electron chi connectivity index (χ0n) is 62.8. The molecule has 0 bridgehead atoms. The summed E-state index contributed by atoms with van der Waals surface area (Å²) in [5.41, 5.74) is 0. The molecule has 0 amide bonds. The largest absolute Gasteiger partial charge is 0.472 e. The fourth-order valence-electron chi connectivity index (χ4n) is 11.8. The van der Waals surface area contributed by atoms with E-state index in [1.54, 1.807) is 0 Å². The van der Waals surface area contributed by atoms with Crippen LogP contribution in [-0.4, -0.2) is 96.7 Å². The second-order valence-corrected chi connectivity index (χ2v) is 32.1. The summed E-state index contributed by atoms with van der Waals surface area (Å²) in [5, 5.41) is 10.6. The number of ether oxygens (including phenoxy) is 4. The van der Waals surface area contributed by atoms with Gasteiger partial charge in [0.15, 0.2) is 12.2 Å². The molecule has 0 rings (SSSR count). The Morgan fingerprint density at radius 3 is 0.708 bits per heavy atom. The lowest BCUT2D eigenvalue weighted by atomic mass is 10.0. The van der Waals surface area contributed by atoms with Crippen molar-refractivity contribution in [3.05, 3.63) is 0 Å². The highest BCUT2D eigenvalue weighted by Crippen LogP contribution is 2.45. The molecular formula is C77H150O17P2. The van der Waals surface area contributed by atoms with Crippen molar-refractivity contribution < 1.29 is 80.2 Å². The molecule has 5 atom stereocenters. The Morgan fingerprint density at radius 2 is 0.479 bits per heavy atom. The predicted octanol–water partition coefficient (Wildman–Crippen LogP) is 22.6. The Kier molecular flexibility index (Phi) is 66.2. The zero-order valence-corrected chi connectivity index (χ0v) is 64.6. The first-order chi connectivity index (χ1) is 46.2. The fourth-order valence-corrected chi connectivity index (χ4v) is 13.4. The van der Waals surface area contributed by atoms with Crippen molar-refractivity contribution in [2.75, 3.05) is 39.6 Å². The zero-order chi connectivity index (χ0) is 70.9. The van der Waals surface area contributed by atoms with E-state index in [0.717, 1.165) is 108 Å². The summed E-state index contributed by atoms with van der Waals surface area (Å²) in [6.07, 6.45) is 53.9. The Balaban J connectivity index is 5.27. The van der Waals surface area contributed by atoms with Gasteiger partial charge in [-0.1, -0.05) is 344 Å². The summed E-state index contributed by atoms with van der Waals surface area (Å²) in [4.78, 5) is 72.9. The number of hydrogen-bond donors (Lipinski definition) is 3. The van der Waals surface area contributed by atoms with E-state index < -0.39 is 97.5 Å². The van der Waals surface area contributed by atoms with Crippen molar-refractivity contribution in [1.29, 1.82) is 0 Å². The maximum Gasteiger partial charge on any atom is 0.472 e. The van der Waals surface area contributed by atoms with Crippen LogP contribution in [0.5, 0.6) is 0 Å². The molecule has 96 heavy (non-hydrogen) atoms. The SMILES string of the molecule is CCCCCCCCCCCCCCC(=O)OC[C@H](COP(=O)(O)OC[C@H](O)COP(=O)(O)OC[C@@H](COC(=O)CCCCCCCCCCCCCC(C)C)OC(=O)CCCCCCCCCCCCCCCC(C)C)OC(=O)CCCCCCCCCCCCCC(C)C. The molecule has 0 saturated carbocycles. The van der Waals surface area contributed by atoms with Crippen molar-refractivity contribution >= 4 is 39.5 Å². The Bertz CT molecular complexity index is 1870. The van der Waals surface area contributed by atoms with Gasteiger partial charge in [-0.15, -0.1) is 0 Å². The van der Waals surface area contributed by atoms with E-state index in [9.17, 15) is 43.2 Å². The van der Waals surface area contributed by atoms with Gasteiger partial charge in [0.25, 0.3) is 0 Å². The third kappa shape index (κ3) is 70.5. The highest BCUT2D eigenvalue weighted by Gasteiger charge is 2.30. The smallest absolute Gasteiger partial charge is 0.462 e. The van der Waals surface area contributed by atoms with Crippen LogP contribution >= 0.6 is 15.6 Å². The van der Waals surface area contributed by atoms with Crippen LogP contribution in [0.4, 0.5) is 0 Å². The highest BCUT2D eigenvalue weighted by molar-refractivity contribution is 7.47. The molecule has 0 aliphatic heterocycles. The molecule has 3 N–H and O–H groups in total. The number of phosphoric acid groups is 2. The highest BCUT2D eigenvalue weighted by atomic mass is 31.2. The van der Waals surface area contributed by atoms with Crippen LogP contribution in [0.3, 0.4) is 0 Å². The normalized spacial score (nSPS) is 14.1. The third-order valence-electron chi connectivity index (χ3n) is 17.9. The maximum atomic E-state index is 13.1. The van der Waals surface area contributed by atoms with E-state index in [-0.39, 0.29) is 25.7 Å². The number of hydrogen-bond acceptors (Lipinski definition) is 15. The summed E-state index contributed by atoms with van der Waals surface area (Å²) >= 11 is 0. The van der Waals surface area contributed by atoms with Crippen molar-refractivity contribution in [2.45, 2.75) is 414 Å². The van der Waals surface area contributed by atoms with E-state index in [4.69, 9.17) is 37.0 Å². The lowest BCUT2D eigenvalue weighted by molar-refractivity contribution is -0.161. The molecule has 0 aromatic carbocycles. The molecule has 0 radical (unpaired) electrons. The van der Waals surface area contributed by atoms with E-state index in [2.05, 4.69) is 48.5 Å². The van der Waals surface area contributed by atoms with Crippen LogP contribution in [0, 0.1) is 17.8 Å². The molecule has 0 spiro atoms.